The molecule has 0 spiro atoms. The lowest BCUT2D eigenvalue weighted by atomic mass is 10.2. The highest BCUT2D eigenvalue weighted by atomic mass is 16.5. The van der Waals surface area contributed by atoms with E-state index in [1.807, 2.05) is 25.1 Å². The summed E-state index contributed by atoms with van der Waals surface area (Å²) in [7, 11) is 0. The van der Waals surface area contributed by atoms with Gasteiger partial charge in [0.1, 0.15) is 11.3 Å². The Labute approximate surface area is 117 Å². The van der Waals surface area contributed by atoms with Crippen molar-refractivity contribution in [3.05, 3.63) is 24.0 Å². The van der Waals surface area contributed by atoms with Gasteiger partial charge in [-0.15, -0.1) is 0 Å². The largest absolute Gasteiger partial charge is 0.466 e. The standard InChI is InChI=1S/C15H19N3O2/c1-2-20-13(19)8-9-18-12-5-3-4-11(16)14(12)17-15(18)10-6-7-10/h3-5,10H,2,6-9,16H2,1H3. The molecule has 20 heavy (non-hydrogen) atoms. The number of imidazole rings is 1. The number of rotatable bonds is 5. The van der Waals surface area contributed by atoms with Crippen LogP contribution in [0, 0.1) is 0 Å². The number of nitrogens with zero attached hydrogens (tertiary/aromatic N) is 2. The predicted molar refractivity (Wildman–Crippen MR) is 77.4 cm³/mol. The summed E-state index contributed by atoms with van der Waals surface area (Å²) in [4.78, 5) is 16.2. The topological polar surface area (TPSA) is 70.1 Å². The van der Waals surface area contributed by atoms with Gasteiger partial charge in [-0.25, -0.2) is 4.98 Å². The molecule has 0 atom stereocenters. The van der Waals surface area contributed by atoms with Crippen LogP contribution < -0.4 is 5.73 Å². The van der Waals surface area contributed by atoms with E-state index in [4.69, 9.17) is 10.5 Å². The zero-order chi connectivity index (χ0) is 14.1. The van der Waals surface area contributed by atoms with Crippen LogP contribution in [0.2, 0.25) is 0 Å². The van der Waals surface area contributed by atoms with Crippen molar-refractivity contribution in [1.29, 1.82) is 0 Å². The van der Waals surface area contributed by atoms with Crippen LogP contribution in [0.1, 0.15) is 37.9 Å². The third kappa shape index (κ3) is 2.35. The number of hydrogen-bond acceptors (Lipinski definition) is 4. The summed E-state index contributed by atoms with van der Waals surface area (Å²) in [6.07, 6.45) is 2.71. The Kier molecular flexibility index (Phi) is 3.34. The number of carbonyl (C=O) groups excluding carboxylic acids is 1. The van der Waals surface area contributed by atoms with Crippen LogP contribution in [0.4, 0.5) is 5.69 Å². The van der Waals surface area contributed by atoms with E-state index in [1.54, 1.807) is 0 Å². The average Bonchev–Trinajstić information content (AvgIpc) is 3.19. The molecule has 0 radical (unpaired) electrons. The van der Waals surface area contributed by atoms with Gasteiger partial charge in [-0.2, -0.15) is 0 Å². The zero-order valence-corrected chi connectivity index (χ0v) is 11.6. The van der Waals surface area contributed by atoms with Gasteiger partial charge in [0.2, 0.25) is 0 Å². The number of hydrogen-bond donors (Lipinski definition) is 1. The van der Waals surface area contributed by atoms with Gasteiger partial charge in [-0.1, -0.05) is 6.07 Å². The number of fused-ring (bicyclic) bond motifs is 1. The maximum atomic E-state index is 11.6. The highest BCUT2D eigenvalue weighted by molar-refractivity contribution is 5.87. The van der Waals surface area contributed by atoms with Gasteiger partial charge in [0.15, 0.2) is 0 Å². The quantitative estimate of drug-likeness (QED) is 0.671. The highest BCUT2D eigenvalue weighted by Crippen LogP contribution is 2.41. The lowest BCUT2D eigenvalue weighted by molar-refractivity contribution is -0.143. The maximum Gasteiger partial charge on any atom is 0.307 e. The Bertz CT molecular complexity index is 644. The number of benzene rings is 1. The molecule has 106 valence electrons. The first kappa shape index (κ1) is 13.0. The second kappa shape index (κ2) is 5.15. The molecule has 5 nitrogen and oxygen atoms in total. The second-order valence-electron chi connectivity index (χ2n) is 5.17. The number of para-hydroxylation sites is 1. The number of nitrogen functional groups attached to an aromatic ring is 1. The third-order valence-corrected chi connectivity index (χ3v) is 3.63. The van der Waals surface area contributed by atoms with E-state index in [1.165, 1.54) is 12.8 Å². The number of carbonyl (C=O) groups is 1. The summed E-state index contributed by atoms with van der Waals surface area (Å²) in [5.74, 6) is 1.41. The fraction of sp³-hybridized carbons (Fsp3) is 0.467. The summed E-state index contributed by atoms with van der Waals surface area (Å²) in [5.41, 5.74) is 8.54. The molecule has 0 aliphatic heterocycles. The Morgan fingerprint density at radius 1 is 1.50 bits per heavy atom. The van der Waals surface area contributed by atoms with Crippen molar-refractivity contribution in [2.75, 3.05) is 12.3 Å². The van der Waals surface area contributed by atoms with Crippen molar-refractivity contribution in [1.82, 2.24) is 9.55 Å². The van der Waals surface area contributed by atoms with Crippen molar-refractivity contribution in [3.8, 4) is 0 Å². The number of esters is 1. The molecule has 2 aromatic rings. The first-order chi connectivity index (χ1) is 9.70. The van der Waals surface area contributed by atoms with E-state index in [2.05, 4.69) is 9.55 Å². The number of aryl methyl sites for hydroxylation is 1. The number of ether oxygens (including phenoxy) is 1. The fourth-order valence-electron chi connectivity index (χ4n) is 2.51. The van der Waals surface area contributed by atoms with Gasteiger partial charge >= 0.3 is 5.97 Å². The van der Waals surface area contributed by atoms with Crippen LogP contribution >= 0.6 is 0 Å². The summed E-state index contributed by atoms with van der Waals surface area (Å²) in [5, 5.41) is 0. The molecule has 3 rings (SSSR count). The lowest BCUT2D eigenvalue weighted by Gasteiger charge is -2.08. The monoisotopic (exact) mass is 273 g/mol. The molecule has 0 amide bonds. The number of anilines is 1. The second-order valence-corrected chi connectivity index (χ2v) is 5.17. The SMILES string of the molecule is CCOC(=O)CCn1c(C2CC2)nc2c(N)cccc21. The van der Waals surface area contributed by atoms with Gasteiger partial charge < -0.3 is 15.0 Å². The Hall–Kier alpha value is -2.04. The molecule has 0 bridgehead atoms. The highest BCUT2D eigenvalue weighted by Gasteiger charge is 2.30. The van der Waals surface area contributed by atoms with Gasteiger partial charge in [0.25, 0.3) is 0 Å². The molecule has 1 saturated carbocycles. The summed E-state index contributed by atoms with van der Waals surface area (Å²) in [6, 6.07) is 5.80. The molecule has 1 aromatic carbocycles. The fourth-order valence-corrected chi connectivity index (χ4v) is 2.51. The van der Waals surface area contributed by atoms with Crippen molar-refractivity contribution >= 4 is 22.7 Å². The molecule has 1 heterocycles. The van der Waals surface area contributed by atoms with E-state index in [9.17, 15) is 4.79 Å². The average molecular weight is 273 g/mol. The van der Waals surface area contributed by atoms with Crippen molar-refractivity contribution < 1.29 is 9.53 Å². The zero-order valence-electron chi connectivity index (χ0n) is 11.6. The molecule has 1 aliphatic rings. The third-order valence-electron chi connectivity index (χ3n) is 3.63. The Morgan fingerprint density at radius 3 is 3.00 bits per heavy atom. The Morgan fingerprint density at radius 2 is 2.30 bits per heavy atom. The van der Waals surface area contributed by atoms with Crippen LogP contribution in [0.15, 0.2) is 18.2 Å². The number of aromatic nitrogens is 2. The van der Waals surface area contributed by atoms with Crippen molar-refractivity contribution in [2.45, 2.75) is 38.6 Å². The minimum atomic E-state index is -0.167. The van der Waals surface area contributed by atoms with E-state index >= 15 is 0 Å². The smallest absolute Gasteiger partial charge is 0.307 e. The Balaban J connectivity index is 1.93. The van der Waals surface area contributed by atoms with E-state index in [-0.39, 0.29) is 5.97 Å². The first-order valence-electron chi connectivity index (χ1n) is 7.11. The lowest BCUT2D eigenvalue weighted by Crippen LogP contribution is -2.10. The molecule has 0 saturated heterocycles. The molecule has 0 unspecified atom stereocenters. The molecule has 1 fully saturated rings. The minimum absolute atomic E-state index is 0.167. The van der Waals surface area contributed by atoms with E-state index in [0.29, 0.717) is 31.2 Å². The first-order valence-corrected chi connectivity index (χ1v) is 7.11. The van der Waals surface area contributed by atoms with Crippen molar-refractivity contribution in [2.24, 2.45) is 0 Å². The molecular weight excluding hydrogens is 254 g/mol. The van der Waals surface area contributed by atoms with Crippen LogP contribution in [-0.2, 0) is 16.1 Å². The maximum absolute atomic E-state index is 11.6. The predicted octanol–water partition coefficient (Wildman–Crippen LogP) is 2.45. The van der Waals surface area contributed by atoms with Crippen LogP contribution in [0.25, 0.3) is 11.0 Å². The summed E-state index contributed by atoms with van der Waals surface area (Å²) in [6.45, 7) is 2.84. The van der Waals surface area contributed by atoms with E-state index in [0.717, 1.165) is 16.9 Å². The molecule has 5 heteroatoms. The van der Waals surface area contributed by atoms with Gasteiger partial charge in [-0.05, 0) is 31.9 Å². The summed E-state index contributed by atoms with van der Waals surface area (Å²) >= 11 is 0. The van der Waals surface area contributed by atoms with Crippen molar-refractivity contribution in [3.63, 3.8) is 0 Å². The van der Waals surface area contributed by atoms with Crippen LogP contribution in [0.5, 0.6) is 0 Å². The molecule has 2 N–H and O–H groups in total. The van der Waals surface area contributed by atoms with Crippen LogP contribution in [-0.4, -0.2) is 22.1 Å². The normalized spacial score (nSPS) is 14.7. The van der Waals surface area contributed by atoms with Gasteiger partial charge in [-0.3, -0.25) is 4.79 Å². The molecule has 1 aromatic heterocycles. The van der Waals surface area contributed by atoms with Gasteiger partial charge in [0, 0.05) is 12.5 Å². The molecular formula is C15H19N3O2. The van der Waals surface area contributed by atoms with E-state index < -0.39 is 0 Å². The summed E-state index contributed by atoms with van der Waals surface area (Å²) < 4.78 is 7.12. The molecule has 1 aliphatic carbocycles. The minimum Gasteiger partial charge on any atom is -0.466 e. The number of nitrogens with two attached hydrogens (primary N) is 1. The van der Waals surface area contributed by atoms with Crippen LogP contribution in [0.3, 0.4) is 0 Å². The van der Waals surface area contributed by atoms with Gasteiger partial charge in [0.05, 0.1) is 24.2 Å².